The number of halogens is 1. The first-order valence-electron chi connectivity index (χ1n) is 6.14. The molecule has 0 aliphatic rings. The number of hydrogen-bond donors (Lipinski definition) is 2. The van der Waals surface area contributed by atoms with Crippen molar-refractivity contribution in [2.24, 2.45) is 0 Å². The smallest absolute Gasteiger partial charge is 0.227 e. The highest BCUT2D eigenvalue weighted by Crippen LogP contribution is 2.16. The maximum atomic E-state index is 13.2. The normalized spacial score (nSPS) is 11.9. The molecule has 1 aromatic carbocycles. The van der Waals surface area contributed by atoms with Crippen LogP contribution in [0.2, 0.25) is 0 Å². The summed E-state index contributed by atoms with van der Waals surface area (Å²) in [5, 5.41) is 3.02. The van der Waals surface area contributed by atoms with E-state index in [0.29, 0.717) is 18.3 Å². The fourth-order valence-electron chi connectivity index (χ4n) is 1.65. The Kier molecular flexibility index (Phi) is 4.29. The van der Waals surface area contributed by atoms with Crippen LogP contribution in [0.4, 0.5) is 16.3 Å². The second-order valence-electron chi connectivity index (χ2n) is 4.49. The number of anilines is 2. The van der Waals surface area contributed by atoms with Gasteiger partial charge in [-0.1, -0.05) is 0 Å². The Morgan fingerprint density at radius 1 is 1.35 bits per heavy atom. The number of benzene rings is 1. The summed E-state index contributed by atoms with van der Waals surface area (Å²) in [5.74, 6) is 0.706. The van der Waals surface area contributed by atoms with Crippen molar-refractivity contribution in [1.82, 2.24) is 15.0 Å². The zero-order valence-electron chi connectivity index (χ0n) is 11.3. The van der Waals surface area contributed by atoms with Gasteiger partial charge in [-0.15, -0.1) is 0 Å². The van der Waals surface area contributed by atoms with E-state index in [1.54, 1.807) is 6.07 Å². The van der Waals surface area contributed by atoms with Crippen molar-refractivity contribution in [3.05, 3.63) is 35.9 Å². The van der Waals surface area contributed by atoms with Crippen LogP contribution in [0.15, 0.2) is 24.5 Å². The fraction of sp³-hybridized carbons (Fsp3) is 0.308. The van der Waals surface area contributed by atoms with E-state index in [1.807, 2.05) is 13.8 Å². The Balaban J connectivity index is 1.90. The highest BCUT2D eigenvalue weighted by Gasteiger charge is 2.07. The monoisotopic (exact) mass is 277 g/mol. The quantitative estimate of drug-likeness (QED) is 0.866. The molecule has 1 unspecified atom stereocenters. The summed E-state index contributed by atoms with van der Waals surface area (Å²) in [7, 11) is 0. The first-order valence-corrected chi connectivity index (χ1v) is 6.14. The van der Waals surface area contributed by atoms with Crippen molar-refractivity contribution in [2.75, 3.05) is 17.7 Å². The molecule has 7 heteroatoms. The van der Waals surface area contributed by atoms with E-state index in [-0.39, 0.29) is 17.8 Å². The van der Waals surface area contributed by atoms with Crippen molar-refractivity contribution < 1.29 is 9.13 Å². The zero-order chi connectivity index (χ0) is 14.5. The minimum atomic E-state index is -0.314. The van der Waals surface area contributed by atoms with Gasteiger partial charge in [-0.05, 0) is 31.5 Å². The number of aryl methyl sites for hydroxylation is 1. The number of nitrogens with two attached hydrogens (primary N) is 1. The molecule has 0 bridgehead atoms. The van der Waals surface area contributed by atoms with Gasteiger partial charge in [0.2, 0.25) is 11.9 Å². The number of aromatic nitrogens is 3. The summed E-state index contributed by atoms with van der Waals surface area (Å²) in [5.41, 5.74) is 6.27. The summed E-state index contributed by atoms with van der Waals surface area (Å²) >= 11 is 0. The average molecular weight is 277 g/mol. The molecule has 1 aromatic heterocycles. The summed E-state index contributed by atoms with van der Waals surface area (Å²) in [4.78, 5) is 11.6. The van der Waals surface area contributed by atoms with E-state index < -0.39 is 0 Å². The molecular weight excluding hydrogens is 261 g/mol. The lowest BCUT2D eigenvalue weighted by molar-refractivity contribution is 0.302. The number of rotatable bonds is 5. The van der Waals surface area contributed by atoms with Gasteiger partial charge in [-0.3, -0.25) is 0 Å². The topological polar surface area (TPSA) is 86.0 Å². The third-order valence-corrected chi connectivity index (χ3v) is 2.48. The molecule has 2 rings (SSSR count). The van der Waals surface area contributed by atoms with Crippen LogP contribution in [0.3, 0.4) is 0 Å². The number of ether oxygens (including phenoxy) is 1. The molecule has 0 amide bonds. The van der Waals surface area contributed by atoms with Crippen LogP contribution in [0.25, 0.3) is 0 Å². The van der Waals surface area contributed by atoms with Gasteiger partial charge in [-0.2, -0.15) is 4.98 Å². The van der Waals surface area contributed by atoms with Crippen LogP contribution in [-0.4, -0.2) is 27.6 Å². The van der Waals surface area contributed by atoms with Crippen LogP contribution < -0.4 is 15.8 Å². The molecular formula is C13H16FN5O. The molecule has 0 aliphatic heterocycles. The SMILES string of the molecule is Cc1cc(F)cc(OCC(C)Nc2ncnc(N)n2)c1. The van der Waals surface area contributed by atoms with Gasteiger partial charge in [-0.25, -0.2) is 14.4 Å². The molecule has 3 N–H and O–H groups in total. The first-order chi connectivity index (χ1) is 9.52. The van der Waals surface area contributed by atoms with Crippen LogP contribution >= 0.6 is 0 Å². The van der Waals surface area contributed by atoms with E-state index >= 15 is 0 Å². The number of hydrogen-bond acceptors (Lipinski definition) is 6. The van der Waals surface area contributed by atoms with Crippen LogP contribution in [0.5, 0.6) is 5.75 Å². The van der Waals surface area contributed by atoms with E-state index in [2.05, 4.69) is 20.3 Å². The van der Waals surface area contributed by atoms with Crippen LogP contribution in [-0.2, 0) is 0 Å². The minimum absolute atomic E-state index is 0.0691. The van der Waals surface area contributed by atoms with Crippen LogP contribution in [0.1, 0.15) is 12.5 Å². The summed E-state index contributed by atoms with van der Waals surface area (Å²) in [6.07, 6.45) is 1.33. The van der Waals surface area contributed by atoms with E-state index in [1.165, 1.54) is 18.5 Å². The van der Waals surface area contributed by atoms with E-state index in [4.69, 9.17) is 10.5 Å². The molecule has 1 atom stereocenters. The molecule has 1 heterocycles. The maximum Gasteiger partial charge on any atom is 0.227 e. The molecule has 0 saturated heterocycles. The molecule has 2 aromatic rings. The largest absolute Gasteiger partial charge is 0.491 e. The van der Waals surface area contributed by atoms with Gasteiger partial charge in [0.05, 0.1) is 6.04 Å². The molecule has 0 saturated carbocycles. The first kappa shape index (κ1) is 14.0. The molecule has 106 valence electrons. The lowest BCUT2D eigenvalue weighted by atomic mass is 10.2. The Hall–Kier alpha value is -2.44. The second-order valence-corrected chi connectivity index (χ2v) is 4.49. The predicted octanol–water partition coefficient (Wildman–Crippen LogP) is 1.78. The van der Waals surface area contributed by atoms with Crippen molar-refractivity contribution in [3.8, 4) is 5.75 Å². The van der Waals surface area contributed by atoms with Gasteiger partial charge in [0.15, 0.2) is 0 Å². The highest BCUT2D eigenvalue weighted by atomic mass is 19.1. The van der Waals surface area contributed by atoms with Gasteiger partial charge in [0.1, 0.15) is 24.5 Å². The van der Waals surface area contributed by atoms with Gasteiger partial charge >= 0.3 is 0 Å². The summed E-state index contributed by atoms with van der Waals surface area (Å²) in [6, 6.07) is 4.50. The third-order valence-electron chi connectivity index (χ3n) is 2.48. The molecule has 0 spiro atoms. The predicted molar refractivity (Wildman–Crippen MR) is 74.0 cm³/mol. The fourth-order valence-corrected chi connectivity index (χ4v) is 1.65. The molecule has 0 aliphatic carbocycles. The minimum Gasteiger partial charge on any atom is -0.491 e. The molecule has 20 heavy (non-hydrogen) atoms. The Morgan fingerprint density at radius 2 is 2.15 bits per heavy atom. The van der Waals surface area contributed by atoms with Crippen LogP contribution in [0, 0.1) is 12.7 Å². The lowest BCUT2D eigenvalue weighted by Gasteiger charge is -2.15. The maximum absolute atomic E-state index is 13.2. The van der Waals surface area contributed by atoms with Crippen molar-refractivity contribution in [1.29, 1.82) is 0 Å². The highest BCUT2D eigenvalue weighted by molar-refractivity contribution is 5.31. The number of nitrogen functional groups attached to an aromatic ring is 1. The van der Waals surface area contributed by atoms with Gasteiger partial charge in [0, 0.05) is 6.07 Å². The van der Waals surface area contributed by atoms with Crippen molar-refractivity contribution in [2.45, 2.75) is 19.9 Å². The van der Waals surface area contributed by atoms with E-state index in [9.17, 15) is 4.39 Å². The summed E-state index contributed by atoms with van der Waals surface area (Å²) < 4.78 is 18.7. The van der Waals surface area contributed by atoms with Gasteiger partial charge < -0.3 is 15.8 Å². The second kappa shape index (κ2) is 6.14. The zero-order valence-corrected chi connectivity index (χ0v) is 11.3. The molecule has 6 nitrogen and oxygen atoms in total. The van der Waals surface area contributed by atoms with Crippen molar-refractivity contribution >= 4 is 11.9 Å². The Bertz CT molecular complexity index is 572. The number of nitrogens with zero attached hydrogens (tertiary/aromatic N) is 3. The van der Waals surface area contributed by atoms with E-state index in [0.717, 1.165) is 5.56 Å². The van der Waals surface area contributed by atoms with Crippen molar-refractivity contribution in [3.63, 3.8) is 0 Å². The average Bonchev–Trinajstić information content (AvgIpc) is 2.35. The third kappa shape index (κ3) is 4.04. The Morgan fingerprint density at radius 3 is 2.85 bits per heavy atom. The molecule has 0 fully saturated rings. The lowest BCUT2D eigenvalue weighted by Crippen LogP contribution is -2.25. The Labute approximate surface area is 116 Å². The summed E-state index contributed by atoms with van der Waals surface area (Å²) in [6.45, 7) is 4.05. The standard InChI is InChI=1S/C13H16FN5O/c1-8-3-10(14)5-11(4-8)20-6-9(2)18-13-17-7-16-12(15)19-13/h3-5,7,9H,6H2,1-2H3,(H3,15,16,17,18,19). The molecule has 0 radical (unpaired) electrons. The van der Waals surface area contributed by atoms with Gasteiger partial charge in [0.25, 0.3) is 0 Å². The number of nitrogens with one attached hydrogen (secondary N) is 1.